The van der Waals surface area contributed by atoms with E-state index < -0.39 is 11.7 Å². The molecule has 0 heterocycles. The minimum atomic E-state index is -0.534. The van der Waals surface area contributed by atoms with E-state index in [1.807, 2.05) is 20.8 Å². The highest BCUT2D eigenvalue weighted by atomic mass is 79.9. The summed E-state index contributed by atoms with van der Waals surface area (Å²) in [7, 11) is 4.70. The van der Waals surface area contributed by atoms with Gasteiger partial charge in [-0.3, -0.25) is 4.99 Å². The van der Waals surface area contributed by atoms with E-state index in [1.54, 1.807) is 14.1 Å². The summed E-state index contributed by atoms with van der Waals surface area (Å²) in [6, 6.07) is 0. The predicted molar refractivity (Wildman–Crippen MR) is 79.4 cm³/mol. The Hall–Kier alpha value is -1.24. The van der Waals surface area contributed by atoms with Crippen molar-refractivity contribution in [2.75, 3.05) is 27.7 Å². The Kier molecular flexibility index (Phi) is 6.89. The molecular weight excluding hydrogens is 314 g/mol. The largest absolute Gasteiger partial charge is 0.482 e. The number of nitrogens with two attached hydrogens (primary N) is 1. The molecule has 2 N–H and O–H groups in total. The Morgan fingerprint density at radius 1 is 1.42 bits per heavy atom. The molecule has 0 fully saturated rings. The number of hydrogen-bond donors (Lipinski definition) is 1. The third kappa shape index (κ3) is 6.47. The number of methoxy groups -OCH3 is 1. The van der Waals surface area contributed by atoms with Crippen molar-refractivity contribution >= 4 is 27.7 Å². The summed E-state index contributed by atoms with van der Waals surface area (Å²) in [5.41, 5.74) is 5.70. The van der Waals surface area contributed by atoms with Gasteiger partial charge in [0, 0.05) is 14.1 Å². The molecule has 0 spiro atoms. The molecule has 19 heavy (non-hydrogen) atoms. The predicted octanol–water partition coefficient (Wildman–Crippen LogP) is 2.09. The molecule has 6 nitrogen and oxygen atoms in total. The Bertz CT molecular complexity index is 386. The molecule has 0 saturated heterocycles. The van der Waals surface area contributed by atoms with Crippen LogP contribution >= 0.6 is 15.9 Å². The smallest absolute Gasteiger partial charge is 0.410 e. The van der Waals surface area contributed by atoms with E-state index in [0.717, 1.165) is 0 Å². The van der Waals surface area contributed by atoms with Gasteiger partial charge < -0.3 is 20.1 Å². The maximum Gasteiger partial charge on any atom is 0.410 e. The van der Waals surface area contributed by atoms with Crippen molar-refractivity contribution in [2.24, 2.45) is 10.7 Å². The van der Waals surface area contributed by atoms with E-state index in [-0.39, 0.29) is 12.4 Å². The van der Waals surface area contributed by atoms with Crippen molar-refractivity contribution in [1.82, 2.24) is 4.90 Å². The quantitative estimate of drug-likeness (QED) is 0.630. The number of carbonyl (C=O) groups is 1. The maximum atomic E-state index is 11.8. The highest BCUT2D eigenvalue weighted by molar-refractivity contribution is 9.12. The van der Waals surface area contributed by atoms with E-state index in [4.69, 9.17) is 15.2 Å². The summed E-state index contributed by atoms with van der Waals surface area (Å²) in [6.45, 7) is 5.70. The first-order chi connectivity index (χ1) is 8.62. The molecule has 0 saturated carbocycles. The van der Waals surface area contributed by atoms with Gasteiger partial charge in [0.2, 0.25) is 0 Å². The Morgan fingerprint density at radius 3 is 2.32 bits per heavy atom. The summed E-state index contributed by atoms with van der Waals surface area (Å²) in [5.74, 6) is 0.207. The summed E-state index contributed by atoms with van der Waals surface area (Å²) < 4.78 is 10.7. The van der Waals surface area contributed by atoms with Crippen LogP contribution in [0.1, 0.15) is 20.8 Å². The number of ether oxygens (including phenoxy) is 2. The average Bonchev–Trinajstić information content (AvgIpc) is 2.31. The standard InChI is InChI=1S/C12H22BrN3O3/c1-12(2,3)19-11(17)16(5)7-8(15-4)9(13)10(14)18-6/h7,14H2,1-6H3. The number of hydrogen-bond acceptors (Lipinski definition) is 5. The SMILES string of the molecule is CN=C(CN(C)C(=O)OC(C)(C)C)C(Br)=C(N)OC. The van der Waals surface area contributed by atoms with Gasteiger partial charge in [-0.1, -0.05) is 0 Å². The van der Waals surface area contributed by atoms with Gasteiger partial charge in [0.25, 0.3) is 0 Å². The second-order valence-corrected chi connectivity index (χ2v) is 5.68. The molecule has 0 aliphatic heterocycles. The molecule has 0 rings (SSSR count). The van der Waals surface area contributed by atoms with Crippen molar-refractivity contribution in [2.45, 2.75) is 26.4 Å². The van der Waals surface area contributed by atoms with Gasteiger partial charge in [0.15, 0.2) is 5.88 Å². The lowest BCUT2D eigenvalue weighted by Gasteiger charge is -2.25. The minimum absolute atomic E-state index is 0.207. The lowest BCUT2D eigenvalue weighted by atomic mass is 10.2. The van der Waals surface area contributed by atoms with Crippen molar-refractivity contribution in [3.63, 3.8) is 0 Å². The molecule has 110 valence electrons. The third-order valence-electron chi connectivity index (χ3n) is 2.05. The highest BCUT2D eigenvalue weighted by Crippen LogP contribution is 2.14. The fourth-order valence-electron chi connectivity index (χ4n) is 1.10. The number of amides is 1. The zero-order chi connectivity index (χ0) is 15.2. The van der Waals surface area contributed by atoms with Crippen molar-refractivity contribution in [3.8, 4) is 0 Å². The summed E-state index contributed by atoms with van der Waals surface area (Å²) in [5, 5.41) is 0. The van der Waals surface area contributed by atoms with Crippen LogP contribution in [-0.2, 0) is 9.47 Å². The van der Waals surface area contributed by atoms with Crippen molar-refractivity contribution in [1.29, 1.82) is 0 Å². The normalized spacial score (nSPS) is 13.7. The van der Waals surface area contributed by atoms with Gasteiger partial charge in [-0.05, 0) is 36.7 Å². The van der Waals surface area contributed by atoms with E-state index in [2.05, 4.69) is 20.9 Å². The highest BCUT2D eigenvalue weighted by Gasteiger charge is 2.21. The van der Waals surface area contributed by atoms with E-state index in [0.29, 0.717) is 10.2 Å². The second-order valence-electron chi connectivity index (χ2n) is 4.89. The Morgan fingerprint density at radius 2 is 1.95 bits per heavy atom. The van der Waals surface area contributed by atoms with Crippen molar-refractivity contribution < 1.29 is 14.3 Å². The Labute approximate surface area is 122 Å². The molecule has 0 aromatic heterocycles. The van der Waals surface area contributed by atoms with E-state index >= 15 is 0 Å². The van der Waals surface area contributed by atoms with Gasteiger partial charge in [0.1, 0.15) is 5.60 Å². The molecular formula is C12H22BrN3O3. The fraction of sp³-hybridized carbons (Fsp3) is 0.667. The van der Waals surface area contributed by atoms with Crippen LogP contribution in [0.15, 0.2) is 15.4 Å². The van der Waals surface area contributed by atoms with Crippen LogP contribution in [0.4, 0.5) is 4.79 Å². The topological polar surface area (TPSA) is 77.2 Å². The van der Waals surface area contributed by atoms with E-state index in [1.165, 1.54) is 12.0 Å². The van der Waals surface area contributed by atoms with Crippen LogP contribution < -0.4 is 5.73 Å². The molecule has 0 atom stereocenters. The Balaban J connectivity index is 4.80. The first-order valence-electron chi connectivity index (χ1n) is 5.71. The van der Waals surface area contributed by atoms with Crippen LogP contribution in [0, 0.1) is 0 Å². The lowest BCUT2D eigenvalue weighted by molar-refractivity contribution is 0.0324. The number of rotatable bonds is 4. The first kappa shape index (κ1) is 17.8. The molecule has 0 aliphatic rings. The molecule has 0 aliphatic carbocycles. The molecule has 1 amide bonds. The molecule has 0 radical (unpaired) electrons. The van der Waals surface area contributed by atoms with Gasteiger partial charge in [-0.25, -0.2) is 4.79 Å². The van der Waals surface area contributed by atoms with Crippen LogP contribution in [0.5, 0.6) is 0 Å². The maximum absolute atomic E-state index is 11.8. The molecule has 0 unspecified atom stereocenters. The van der Waals surface area contributed by atoms with Crippen LogP contribution in [0.25, 0.3) is 0 Å². The minimum Gasteiger partial charge on any atom is -0.482 e. The zero-order valence-corrected chi connectivity index (χ0v) is 13.9. The van der Waals surface area contributed by atoms with Crippen LogP contribution in [-0.4, -0.2) is 50.1 Å². The van der Waals surface area contributed by atoms with Gasteiger partial charge in [0.05, 0.1) is 23.8 Å². The monoisotopic (exact) mass is 335 g/mol. The number of halogens is 1. The first-order valence-corrected chi connectivity index (χ1v) is 6.51. The van der Waals surface area contributed by atoms with Crippen LogP contribution in [0.2, 0.25) is 0 Å². The summed E-state index contributed by atoms with van der Waals surface area (Å²) in [4.78, 5) is 17.3. The zero-order valence-electron chi connectivity index (χ0n) is 12.3. The van der Waals surface area contributed by atoms with Gasteiger partial charge in [-0.15, -0.1) is 0 Å². The molecule has 0 aromatic rings. The third-order valence-corrected chi connectivity index (χ3v) is 2.90. The molecule has 0 aromatic carbocycles. The van der Waals surface area contributed by atoms with Gasteiger partial charge >= 0.3 is 6.09 Å². The molecule has 0 bridgehead atoms. The molecule has 7 heteroatoms. The lowest BCUT2D eigenvalue weighted by Crippen LogP contribution is -2.37. The van der Waals surface area contributed by atoms with Gasteiger partial charge in [-0.2, -0.15) is 0 Å². The van der Waals surface area contributed by atoms with Crippen LogP contribution in [0.3, 0.4) is 0 Å². The fourth-order valence-corrected chi connectivity index (χ4v) is 1.56. The van der Waals surface area contributed by atoms with Crippen molar-refractivity contribution in [3.05, 3.63) is 10.4 Å². The number of aliphatic imine (C=N–C) groups is 1. The summed E-state index contributed by atoms with van der Waals surface area (Å²) >= 11 is 3.29. The summed E-state index contributed by atoms with van der Waals surface area (Å²) in [6.07, 6.45) is -0.426. The van der Waals surface area contributed by atoms with E-state index in [9.17, 15) is 4.79 Å². The second kappa shape index (κ2) is 7.37. The average molecular weight is 336 g/mol. The number of carbonyl (C=O) groups excluding carboxylic acids is 1. The number of nitrogens with zero attached hydrogens (tertiary/aromatic N) is 2.